The fraction of sp³-hybridized carbons (Fsp3) is 0.571. The summed E-state index contributed by atoms with van der Waals surface area (Å²) in [6.45, 7) is 2.14. The predicted octanol–water partition coefficient (Wildman–Crippen LogP) is 2.46. The summed E-state index contributed by atoms with van der Waals surface area (Å²) in [5, 5.41) is 0. The van der Waals surface area contributed by atoms with E-state index in [-0.39, 0.29) is 18.2 Å². The predicted molar refractivity (Wildman–Crippen MR) is 91.7 cm³/mol. The number of hydrogen-bond acceptors (Lipinski definition) is 4. The van der Waals surface area contributed by atoms with E-state index in [9.17, 15) is 8.42 Å². The summed E-state index contributed by atoms with van der Waals surface area (Å²) in [5.41, 5.74) is 5.76. The van der Waals surface area contributed by atoms with Crippen molar-refractivity contribution in [2.45, 2.75) is 30.2 Å². The van der Waals surface area contributed by atoms with Gasteiger partial charge in [-0.15, -0.1) is 12.4 Å². The average molecular weight is 398 g/mol. The van der Waals surface area contributed by atoms with Crippen molar-refractivity contribution in [2.75, 3.05) is 25.4 Å². The first-order chi connectivity index (χ1) is 9.53. The number of benzene rings is 1. The van der Waals surface area contributed by atoms with Gasteiger partial charge in [-0.05, 0) is 43.7 Å². The van der Waals surface area contributed by atoms with E-state index in [1.54, 1.807) is 24.3 Å². The van der Waals surface area contributed by atoms with Crippen LogP contribution in [0.15, 0.2) is 33.6 Å². The lowest BCUT2D eigenvalue weighted by Crippen LogP contribution is -2.45. The maximum absolute atomic E-state index is 12.3. The number of nitrogens with zero attached hydrogens (tertiary/aromatic N) is 1. The fourth-order valence-corrected chi connectivity index (χ4v) is 4.14. The second-order valence-electron chi connectivity index (χ2n) is 5.19. The van der Waals surface area contributed by atoms with Crippen LogP contribution in [0.3, 0.4) is 0 Å². The van der Waals surface area contributed by atoms with E-state index in [1.165, 1.54) is 6.42 Å². The molecule has 0 saturated carbocycles. The van der Waals surface area contributed by atoms with Crippen LogP contribution in [-0.4, -0.2) is 44.7 Å². The molecule has 0 spiro atoms. The molecule has 1 saturated heterocycles. The van der Waals surface area contributed by atoms with Crippen molar-refractivity contribution in [1.82, 2.24) is 4.90 Å². The van der Waals surface area contributed by atoms with Gasteiger partial charge in [0, 0.05) is 23.6 Å². The van der Waals surface area contributed by atoms with E-state index in [2.05, 4.69) is 20.8 Å². The van der Waals surface area contributed by atoms with Crippen LogP contribution in [0.1, 0.15) is 19.3 Å². The molecule has 1 unspecified atom stereocenters. The molecular weight excluding hydrogens is 376 g/mol. The lowest BCUT2D eigenvalue weighted by Gasteiger charge is -2.34. The van der Waals surface area contributed by atoms with Gasteiger partial charge in [-0.25, -0.2) is 8.42 Å². The Bertz CT molecular complexity index is 536. The number of sulfone groups is 1. The molecule has 4 nitrogen and oxygen atoms in total. The Morgan fingerprint density at radius 3 is 2.52 bits per heavy atom. The summed E-state index contributed by atoms with van der Waals surface area (Å²) in [7, 11) is -3.21. The lowest BCUT2D eigenvalue weighted by atomic mass is 10.0. The summed E-state index contributed by atoms with van der Waals surface area (Å²) in [6.07, 6.45) is 3.40. The Labute approximate surface area is 141 Å². The van der Waals surface area contributed by atoms with Gasteiger partial charge in [0.25, 0.3) is 0 Å². The highest BCUT2D eigenvalue weighted by Crippen LogP contribution is 2.19. The van der Waals surface area contributed by atoms with Gasteiger partial charge in [-0.2, -0.15) is 0 Å². The summed E-state index contributed by atoms with van der Waals surface area (Å²) in [4.78, 5) is 2.61. The topological polar surface area (TPSA) is 63.4 Å². The molecule has 21 heavy (non-hydrogen) atoms. The van der Waals surface area contributed by atoms with Crippen LogP contribution in [0.5, 0.6) is 0 Å². The SMILES string of the molecule is Cl.NCC1CCCCN1CCS(=O)(=O)c1ccc(Br)cc1. The van der Waals surface area contributed by atoms with E-state index in [0.29, 0.717) is 24.0 Å². The first kappa shape index (κ1) is 18.9. The van der Waals surface area contributed by atoms with Crippen LogP contribution < -0.4 is 5.73 Å². The quantitative estimate of drug-likeness (QED) is 0.829. The Kier molecular flexibility index (Phi) is 7.64. The molecule has 120 valence electrons. The Morgan fingerprint density at radius 1 is 1.24 bits per heavy atom. The second-order valence-corrected chi connectivity index (χ2v) is 8.22. The van der Waals surface area contributed by atoms with E-state index < -0.39 is 9.84 Å². The molecule has 2 rings (SSSR count). The van der Waals surface area contributed by atoms with Crippen LogP contribution in [-0.2, 0) is 9.84 Å². The molecule has 1 aliphatic rings. The molecular formula is C14H22BrClN2O2S. The Morgan fingerprint density at radius 2 is 1.90 bits per heavy atom. The minimum atomic E-state index is -3.21. The molecule has 1 aromatic carbocycles. The molecule has 0 aromatic heterocycles. The van der Waals surface area contributed by atoms with Crippen LogP contribution in [0, 0.1) is 0 Å². The standard InChI is InChI=1S/C14H21BrN2O2S.ClH/c15-12-4-6-14(7-5-12)20(18,19)10-9-17-8-2-1-3-13(17)11-16;/h4-7,13H,1-3,8-11,16H2;1H. The Hall–Kier alpha value is -0.140. The summed E-state index contributed by atoms with van der Waals surface area (Å²) < 4.78 is 25.5. The minimum Gasteiger partial charge on any atom is -0.329 e. The normalized spacial score (nSPS) is 20.0. The zero-order valence-corrected chi connectivity index (χ0v) is 15.1. The number of piperidine rings is 1. The van der Waals surface area contributed by atoms with Crippen molar-refractivity contribution >= 4 is 38.2 Å². The number of hydrogen-bond donors (Lipinski definition) is 1. The fourth-order valence-electron chi connectivity index (χ4n) is 2.62. The molecule has 0 amide bonds. The molecule has 1 heterocycles. The summed E-state index contributed by atoms with van der Waals surface area (Å²) >= 11 is 3.31. The molecule has 0 aliphatic carbocycles. The number of nitrogens with two attached hydrogens (primary N) is 1. The molecule has 7 heteroatoms. The molecule has 2 N–H and O–H groups in total. The van der Waals surface area contributed by atoms with Crippen molar-refractivity contribution in [3.05, 3.63) is 28.7 Å². The van der Waals surface area contributed by atoms with Gasteiger partial charge in [0.15, 0.2) is 9.84 Å². The van der Waals surface area contributed by atoms with Crippen LogP contribution in [0.2, 0.25) is 0 Å². The molecule has 1 fully saturated rings. The van der Waals surface area contributed by atoms with Gasteiger partial charge in [-0.1, -0.05) is 22.4 Å². The molecule has 0 bridgehead atoms. The highest BCUT2D eigenvalue weighted by atomic mass is 79.9. The lowest BCUT2D eigenvalue weighted by molar-refractivity contribution is 0.162. The maximum Gasteiger partial charge on any atom is 0.179 e. The van der Waals surface area contributed by atoms with Crippen molar-refractivity contribution in [3.8, 4) is 0 Å². The molecule has 1 aromatic rings. The zero-order chi connectivity index (χ0) is 14.6. The van der Waals surface area contributed by atoms with E-state index in [4.69, 9.17) is 5.73 Å². The third-order valence-electron chi connectivity index (χ3n) is 3.84. The highest BCUT2D eigenvalue weighted by Gasteiger charge is 2.23. The largest absolute Gasteiger partial charge is 0.329 e. The average Bonchev–Trinajstić information content (AvgIpc) is 2.46. The first-order valence-corrected chi connectivity index (χ1v) is 9.40. The van der Waals surface area contributed by atoms with Crippen LogP contribution >= 0.6 is 28.3 Å². The number of likely N-dealkylation sites (tertiary alicyclic amines) is 1. The number of halogens is 2. The molecule has 0 radical (unpaired) electrons. The van der Waals surface area contributed by atoms with E-state index in [0.717, 1.165) is 23.9 Å². The van der Waals surface area contributed by atoms with Crippen molar-refractivity contribution < 1.29 is 8.42 Å². The van der Waals surface area contributed by atoms with Crippen molar-refractivity contribution in [1.29, 1.82) is 0 Å². The number of rotatable bonds is 5. The molecule has 1 aliphatic heterocycles. The smallest absolute Gasteiger partial charge is 0.179 e. The maximum atomic E-state index is 12.3. The zero-order valence-electron chi connectivity index (χ0n) is 11.9. The van der Waals surface area contributed by atoms with Gasteiger partial charge in [0.1, 0.15) is 0 Å². The Balaban J connectivity index is 0.00000220. The minimum absolute atomic E-state index is 0. The van der Waals surface area contributed by atoms with Crippen LogP contribution in [0.25, 0.3) is 0 Å². The summed E-state index contributed by atoms with van der Waals surface area (Å²) in [5.74, 6) is 0.158. The van der Waals surface area contributed by atoms with E-state index in [1.807, 2.05) is 0 Å². The van der Waals surface area contributed by atoms with Gasteiger partial charge in [-0.3, -0.25) is 4.90 Å². The third-order valence-corrected chi connectivity index (χ3v) is 6.08. The van der Waals surface area contributed by atoms with Gasteiger partial charge < -0.3 is 5.73 Å². The van der Waals surface area contributed by atoms with Crippen molar-refractivity contribution in [3.63, 3.8) is 0 Å². The van der Waals surface area contributed by atoms with Gasteiger partial charge >= 0.3 is 0 Å². The van der Waals surface area contributed by atoms with Crippen LogP contribution in [0.4, 0.5) is 0 Å². The third kappa shape index (κ3) is 5.21. The van der Waals surface area contributed by atoms with E-state index >= 15 is 0 Å². The van der Waals surface area contributed by atoms with Gasteiger partial charge in [0.05, 0.1) is 10.6 Å². The van der Waals surface area contributed by atoms with Gasteiger partial charge in [0.2, 0.25) is 0 Å². The first-order valence-electron chi connectivity index (χ1n) is 6.95. The summed E-state index contributed by atoms with van der Waals surface area (Å²) in [6, 6.07) is 7.16. The van der Waals surface area contributed by atoms with Crippen molar-refractivity contribution in [2.24, 2.45) is 5.73 Å². The second kappa shape index (κ2) is 8.48. The molecule has 1 atom stereocenters. The highest BCUT2D eigenvalue weighted by molar-refractivity contribution is 9.10. The monoisotopic (exact) mass is 396 g/mol.